The molecule has 0 aliphatic heterocycles. The zero-order chi connectivity index (χ0) is 20.1. The summed E-state index contributed by atoms with van der Waals surface area (Å²) in [5, 5.41) is 2.14. The largest absolute Gasteiger partial charge is 0.295 e. The van der Waals surface area contributed by atoms with Gasteiger partial charge in [0.25, 0.3) is 0 Å². The molecule has 0 bridgehead atoms. The van der Waals surface area contributed by atoms with Gasteiger partial charge in [0.1, 0.15) is 5.65 Å². The van der Waals surface area contributed by atoms with Gasteiger partial charge in [-0.1, -0.05) is 24.3 Å². The molecule has 0 atom stereocenters. The van der Waals surface area contributed by atoms with Gasteiger partial charge in [-0.25, -0.2) is 4.98 Å². The van der Waals surface area contributed by atoms with E-state index in [2.05, 4.69) is 62.9 Å². The molecule has 0 spiro atoms. The van der Waals surface area contributed by atoms with E-state index in [-0.39, 0.29) is 0 Å². The highest BCUT2D eigenvalue weighted by Crippen LogP contribution is 2.45. The number of imidazole rings is 1. The van der Waals surface area contributed by atoms with E-state index in [0.29, 0.717) is 0 Å². The standard InChI is InChI=1S/C27H16N4/c1-2-5-18-15(4-1)10-16-12-21-17(11-20(16)18)13-24-26(21)30-27-19-6-3-8-29-25(19)22-14-28-9-7-23(22)31(24)27/h1-9,11-12,14H,10,13H2. The third-order valence-corrected chi connectivity index (χ3v) is 6.95. The molecular weight excluding hydrogens is 380 g/mol. The summed E-state index contributed by atoms with van der Waals surface area (Å²) >= 11 is 0. The Hall–Kier alpha value is -4.05. The molecule has 8 rings (SSSR count). The van der Waals surface area contributed by atoms with E-state index in [9.17, 15) is 0 Å². The molecule has 0 N–H and O–H groups in total. The maximum Gasteiger partial charge on any atom is 0.147 e. The minimum atomic E-state index is 0.893. The van der Waals surface area contributed by atoms with Crippen molar-refractivity contribution in [2.24, 2.45) is 0 Å². The lowest BCUT2D eigenvalue weighted by atomic mass is 9.99. The summed E-state index contributed by atoms with van der Waals surface area (Å²) in [7, 11) is 0. The quantitative estimate of drug-likeness (QED) is 0.315. The number of aromatic nitrogens is 4. The van der Waals surface area contributed by atoms with Crippen LogP contribution in [0.2, 0.25) is 0 Å². The molecule has 4 heterocycles. The van der Waals surface area contributed by atoms with Crippen molar-refractivity contribution < 1.29 is 0 Å². The van der Waals surface area contributed by atoms with E-state index in [1.165, 1.54) is 39.1 Å². The van der Waals surface area contributed by atoms with E-state index >= 15 is 0 Å². The van der Waals surface area contributed by atoms with E-state index in [1.54, 1.807) is 0 Å². The van der Waals surface area contributed by atoms with Crippen molar-refractivity contribution in [2.45, 2.75) is 12.8 Å². The summed E-state index contributed by atoms with van der Waals surface area (Å²) in [6, 6.07) is 19.7. The van der Waals surface area contributed by atoms with Crippen LogP contribution in [0.3, 0.4) is 0 Å². The highest BCUT2D eigenvalue weighted by Gasteiger charge is 2.29. The van der Waals surface area contributed by atoms with Crippen molar-refractivity contribution >= 4 is 27.5 Å². The van der Waals surface area contributed by atoms with Gasteiger partial charge in [-0.05, 0) is 64.6 Å². The fraction of sp³-hybridized carbons (Fsp3) is 0.0741. The molecule has 4 nitrogen and oxygen atoms in total. The molecule has 31 heavy (non-hydrogen) atoms. The first-order valence-corrected chi connectivity index (χ1v) is 10.6. The van der Waals surface area contributed by atoms with Gasteiger partial charge >= 0.3 is 0 Å². The molecular formula is C27H16N4. The number of hydrogen-bond donors (Lipinski definition) is 0. The molecule has 6 aromatic rings. The van der Waals surface area contributed by atoms with Crippen LogP contribution in [0.15, 0.2) is 73.2 Å². The fourth-order valence-electron chi connectivity index (χ4n) is 5.61. The Morgan fingerprint density at radius 2 is 1.65 bits per heavy atom. The maximum atomic E-state index is 5.19. The summed E-state index contributed by atoms with van der Waals surface area (Å²) < 4.78 is 2.33. The third-order valence-electron chi connectivity index (χ3n) is 6.95. The second-order valence-electron chi connectivity index (χ2n) is 8.54. The normalized spacial score (nSPS) is 13.5. The smallest absolute Gasteiger partial charge is 0.147 e. The van der Waals surface area contributed by atoms with E-state index < -0.39 is 0 Å². The van der Waals surface area contributed by atoms with Gasteiger partial charge in [0.15, 0.2) is 0 Å². The highest BCUT2D eigenvalue weighted by atomic mass is 15.0. The minimum Gasteiger partial charge on any atom is -0.295 e. The zero-order valence-corrected chi connectivity index (χ0v) is 16.6. The Balaban J connectivity index is 1.46. The molecule has 144 valence electrons. The first-order valence-electron chi connectivity index (χ1n) is 10.6. The summed E-state index contributed by atoms with van der Waals surface area (Å²) in [6.45, 7) is 0. The summed E-state index contributed by atoms with van der Waals surface area (Å²) in [5.41, 5.74) is 13.7. The zero-order valence-electron chi connectivity index (χ0n) is 16.6. The van der Waals surface area contributed by atoms with Crippen molar-refractivity contribution in [3.63, 3.8) is 0 Å². The molecule has 0 fully saturated rings. The van der Waals surface area contributed by atoms with Gasteiger partial charge in [-0.3, -0.25) is 14.4 Å². The van der Waals surface area contributed by atoms with Gasteiger partial charge < -0.3 is 0 Å². The van der Waals surface area contributed by atoms with Crippen LogP contribution in [0.4, 0.5) is 0 Å². The number of hydrogen-bond acceptors (Lipinski definition) is 3. The SMILES string of the molecule is c1ccc2c(c1)Cc1cc3c(cc1-2)Cc1c-3nc2c3cccnc3c3cnccc3n12. The van der Waals surface area contributed by atoms with Gasteiger partial charge in [-0.2, -0.15) is 0 Å². The second kappa shape index (κ2) is 5.35. The number of rotatable bonds is 0. The van der Waals surface area contributed by atoms with Crippen LogP contribution in [0, 0.1) is 0 Å². The first kappa shape index (κ1) is 15.7. The Labute approximate surface area is 177 Å². The summed E-state index contributed by atoms with van der Waals surface area (Å²) in [5.74, 6) is 0. The summed E-state index contributed by atoms with van der Waals surface area (Å²) in [4.78, 5) is 14.2. The van der Waals surface area contributed by atoms with Gasteiger partial charge in [0.05, 0.1) is 22.4 Å². The molecule has 2 aliphatic rings. The molecule has 0 unspecified atom stereocenters. The number of pyridine rings is 3. The second-order valence-corrected chi connectivity index (χ2v) is 8.54. The predicted molar refractivity (Wildman–Crippen MR) is 122 cm³/mol. The molecule has 0 saturated carbocycles. The number of nitrogens with zero attached hydrogens (tertiary/aromatic N) is 4. The molecule has 0 saturated heterocycles. The van der Waals surface area contributed by atoms with Crippen LogP contribution in [0.1, 0.15) is 22.4 Å². The average molecular weight is 396 g/mol. The summed E-state index contributed by atoms with van der Waals surface area (Å²) in [6.07, 6.45) is 7.52. The van der Waals surface area contributed by atoms with E-state index in [4.69, 9.17) is 4.98 Å². The lowest BCUT2D eigenvalue weighted by Crippen LogP contribution is -1.97. The van der Waals surface area contributed by atoms with Crippen molar-refractivity contribution in [3.05, 3.63) is 95.6 Å². The van der Waals surface area contributed by atoms with Crippen molar-refractivity contribution in [1.29, 1.82) is 0 Å². The Morgan fingerprint density at radius 3 is 2.65 bits per heavy atom. The van der Waals surface area contributed by atoms with Gasteiger partial charge in [-0.15, -0.1) is 0 Å². The molecule has 0 amide bonds. The topological polar surface area (TPSA) is 43.1 Å². The third kappa shape index (κ3) is 1.88. The maximum absolute atomic E-state index is 5.19. The van der Waals surface area contributed by atoms with Crippen molar-refractivity contribution in [1.82, 2.24) is 19.4 Å². The van der Waals surface area contributed by atoms with Crippen LogP contribution >= 0.6 is 0 Å². The van der Waals surface area contributed by atoms with E-state index in [0.717, 1.165) is 46.0 Å². The van der Waals surface area contributed by atoms with Crippen LogP contribution in [-0.4, -0.2) is 19.4 Å². The van der Waals surface area contributed by atoms with Gasteiger partial charge in [0, 0.05) is 41.3 Å². The van der Waals surface area contributed by atoms with Crippen LogP contribution in [-0.2, 0) is 12.8 Å². The molecule has 4 aromatic heterocycles. The number of benzene rings is 2. The van der Waals surface area contributed by atoms with Crippen LogP contribution in [0.5, 0.6) is 0 Å². The fourth-order valence-corrected chi connectivity index (χ4v) is 5.61. The predicted octanol–water partition coefficient (Wildman–Crippen LogP) is 5.57. The molecule has 4 heteroatoms. The monoisotopic (exact) mass is 396 g/mol. The van der Waals surface area contributed by atoms with Crippen molar-refractivity contribution in [3.8, 4) is 22.4 Å². The van der Waals surface area contributed by atoms with E-state index in [1.807, 2.05) is 24.7 Å². The lowest BCUT2D eigenvalue weighted by Gasteiger charge is -2.09. The average Bonchev–Trinajstić information content (AvgIpc) is 3.47. The Kier molecular flexibility index (Phi) is 2.72. The Bertz CT molecular complexity index is 1740. The lowest BCUT2D eigenvalue weighted by molar-refractivity contribution is 1.09. The highest BCUT2D eigenvalue weighted by molar-refractivity contribution is 6.10. The van der Waals surface area contributed by atoms with Crippen molar-refractivity contribution in [2.75, 3.05) is 0 Å². The molecule has 2 aromatic carbocycles. The minimum absolute atomic E-state index is 0.893. The van der Waals surface area contributed by atoms with Crippen LogP contribution in [0.25, 0.3) is 49.8 Å². The Morgan fingerprint density at radius 1 is 0.742 bits per heavy atom. The first-order chi connectivity index (χ1) is 15.4. The molecule has 2 aliphatic carbocycles. The van der Waals surface area contributed by atoms with Gasteiger partial charge in [0.2, 0.25) is 0 Å². The molecule has 0 radical (unpaired) electrons. The van der Waals surface area contributed by atoms with Crippen LogP contribution < -0.4 is 0 Å². The number of fused-ring (bicyclic) bond motifs is 13.